The van der Waals surface area contributed by atoms with E-state index >= 15 is 0 Å². The van der Waals surface area contributed by atoms with Crippen LogP contribution in [-0.2, 0) is 4.79 Å². The van der Waals surface area contributed by atoms with Gasteiger partial charge in [-0.2, -0.15) is 0 Å². The van der Waals surface area contributed by atoms with Crippen molar-refractivity contribution in [2.75, 3.05) is 13.1 Å². The molecule has 0 atom stereocenters. The number of carbonyl (C=O) groups is 1. The van der Waals surface area contributed by atoms with Crippen molar-refractivity contribution >= 4 is 5.91 Å². The molecule has 1 fully saturated rings. The molecule has 1 saturated heterocycles. The van der Waals surface area contributed by atoms with E-state index in [1.165, 1.54) is 6.92 Å². The van der Waals surface area contributed by atoms with Gasteiger partial charge in [0, 0.05) is 20.0 Å². The Bertz CT molecular complexity index is 153. The van der Waals surface area contributed by atoms with E-state index in [2.05, 4.69) is 11.9 Å². The SMILES string of the molecule is C=C1NCCN1C(C)=O. The van der Waals surface area contributed by atoms with Crippen LogP contribution in [0.1, 0.15) is 6.92 Å². The van der Waals surface area contributed by atoms with Crippen molar-refractivity contribution in [3.63, 3.8) is 0 Å². The molecule has 3 nitrogen and oxygen atoms in total. The number of rotatable bonds is 0. The molecule has 0 radical (unpaired) electrons. The van der Waals surface area contributed by atoms with Crippen LogP contribution in [-0.4, -0.2) is 23.9 Å². The van der Waals surface area contributed by atoms with Crippen molar-refractivity contribution in [1.29, 1.82) is 0 Å². The van der Waals surface area contributed by atoms with E-state index in [9.17, 15) is 4.79 Å². The van der Waals surface area contributed by atoms with Crippen LogP contribution in [0.2, 0.25) is 0 Å². The third-order valence-electron chi connectivity index (χ3n) is 1.37. The molecule has 1 heterocycles. The number of nitrogens with zero attached hydrogens (tertiary/aromatic N) is 1. The number of hydrogen-bond donors (Lipinski definition) is 1. The van der Waals surface area contributed by atoms with Gasteiger partial charge in [0.15, 0.2) is 0 Å². The fourth-order valence-electron chi connectivity index (χ4n) is 0.890. The van der Waals surface area contributed by atoms with Crippen molar-refractivity contribution in [3.05, 3.63) is 12.4 Å². The van der Waals surface area contributed by atoms with Crippen molar-refractivity contribution in [2.24, 2.45) is 0 Å². The highest BCUT2D eigenvalue weighted by Gasteiger charge is 2.16. The zero-order chi connectivity index (χ0) is 6.85. The topological polar surface area (TPSA) is 32.3 Å². The summed E-state index contributed by atoms with van der Waals surface area (Å²) in [5.74, 6) is 0.785. The zero-order valence-corrected chi connectivity index (χ0v) is 5.48. The molecule has 0 unspecified atom stereocenters. The molecule has 0 aromatic carbocycles. The number of carbonyl (C=O) groups excluding carboxylic acids is 1. The van der Waals surface area contributed by atoms with Gasteiger partial charge in [-0.1, -0.05) is 6.58 Å². The molecule has 0 spiro atoms. The minimum atomic E-state index is 0.0602. The maximum absolute atomic E-state index is 10.7. The van der Waals surface area contributed by atoms with Gasteiger partial charge in [0.25, 0.3) is 0 Å². The molecule has 1 amide bonds. The summed E-state index contributed by atoms with van der Waals surface area (Å²) < 4.78 is 0. The number of amides is 1. The van der Waals surface area contributed by atoms with Gasteiger partial charge in [-0.3, -0.25) is 9.69 Å². The van der Waals surface area contributed by atoms with Gasteiger partial charge >= 0.3 is 0 Å². The van der Waals surface area contributed by atoms with E-state index < -0.39 is 0 Å². The summed E-state index contributed by atoms with van der Waals surface area (Å²) in [6, 6.07) is 0. The van der Waals surface area contributed by atoms with Crippen LogP contribution in [0.5, 0.6) is 0 Å². The van der Waals surface area contributed by atoms with Crippen molar-refractivity contribution in [1.82, 2.24) is 10.2 Å². The van der Waals surface area contributed by atoms with Crippen molar-refractivity contribution < 1.29 is 4.79 Å². The minimum absolute atomic E-state index is 0.0602. The van der Waals surface area contributed by atoms with Gasteiger partial charge in [-0.05, 0) is 0 Å². The van der Waals surface area contributed by atoms with Gasteiger partial charge in [0.2, 0.25) is 5.91 Å². The number of hydrogen-bond acceptors (Lipinski definition) is 2. The maximum Gasteiger partial charge on any atom is 0.225 e. The fourth-order valence-corrected chi connectivity index (χ4v) is 0.890. The lowest BCUT2D eigenvalue weighted by Crippen LogP contribution is -2.24. The van der Waals surface area contributed by atoms with E-state index in [0.29, 0.717) is 0 Å². The average molecular weight is 126 g/mol. The Morgan fingerprint density at radius 2 is 2.56 bits per heavy atom. The maximum atomic E-state index is 10.7. The van der Waals surface area contributed by atoms with Gasteiger partial charge in [-0.25, -0.2) is 0 Å². The molecule has 1 aliphatic heterocycles. The van der Waals surface area contributed by atoms with Crippen LogP contribution in [0.3, 0.4) is 0 Å². The molecule has 0 saturated carbocycles. The molecule has 0 bridgehead atoms. The predicted molar refractivity (Wildman–Crippen MR) is 34.5 cm³/mol. The minimum Gasteiger partial charge on any atom is -0.370 e. The molecular weight excluding hydrogens is 116 g/mol. The molecule has 0 aliphatic carbocycles. The summed E-state index contributed by atoms with van der Waals surface area (Å²) in [4.78, 5) is 12.3. The van der Waals surface area contributed by atoms with E-state index in [4.69, 9.17) is 0 Å². The van der Waals surface area contributed by atoms with Crippen molar-refractivity contribution in [2.45, 2.75) is 6.92 Å². The molecular formula is C6H10N2O. The Kier molecular flexibility index (Phi) is 1.42. The summed E-state index contributed by atoms with van der Waals surface area (Å²) in [6.45, 7) is 6.78. The molecule has 9 heavy (non-hydrogen) atoms. The van der Waals surface area contributed by atoms with E-state index in [0.717, 1.165) is 18.9 Å². The summed E-state index contributed by atoms with van der Waals surface area (Å²) in [6.07, 6.45) is 0. The van der Waals surface area contributed by atoms with Crippen molar-refractivity contribution in [3.8, 4) is 0 Å². The van der Waals surface area contributed by atoms with E-state index in [1.54, 1.807) is 4.90 Å². The quantitative estimate of drug-likeness (QED) is 0.492. The average Bonchev–Trinajstić information content (AvgIpc) is 2.13. The Morgan fingerprint density at radius 3 is 2.78 bits per heavy atom. The standard InChI is InChI=1S/C6H10N2O/c1-5-7-3-4-8(5)6(2)9/h7H,1,3-4H2,2H3. The molecule has 1 rings (SSSR count). The first-order chi connectivity index (χ1) is 4.22. The highest BCUT2D eigenvalue weighted by atomic mass is 16.2. The second-order valence-electron chi connectivity index (χ2n) is 2.04. The van der Waals surface area contributed by atoms with E-state index in [1.807, 2.05) is 0 Å². The molecule has 0 aromatic rings. The Labute approximate surface area is 54.3 Å². The first-order valence-corrected chi connectivity index (χ1v) is 2.92. The Balaban J connectivity index is 2.60. The lowest BCUT2D eigenvalue weighted by atomic mass is 10.5. The third-order valence-corrected chi connectivity index (χ3v) is 1.37. The molecule has 1 N–H and O–H groups in total. The van der Waals surface area contributed by atoms with Crippen LogP contribution < -0.4 is 5.32 Å². The zero-order valence-electron chi connectivity index (χ0n) is 5.48. The van der Waals surface area contributed by atoms with Crippen LogP contribution in [0, 0.1) is 0 Å². The molecule has 3 heteroatoms. The predicted octanol–water partition coefficient (Wildman–Crippen LogP) is -0.0907. The number of nitrogens with one attached hydrogen (secondary N) is 1. The third kappa shape index (κ3) is 1.04. The Hall–Kier alpha value is -0.990. The summed E-state index contributed by atoms with van der Waals surface area (Å²) in [5, 5.41) is 2.96. The van der Waals surface area contributed by atoms with Crippen LogP contribution in [0.4, 0.5) is 0 Å². The lowest BCUT2D eigenvalue weighted by molar-refractivity contribution is -0.126. The van der Waals surface area contributed by atoms with Gasteiger partial charge < -0.3 is 5.32 Å². The molecule has 50 valence electrons. The summed E-state index contributed by atoms with van der Waals surface area (Å²) >= 11 is 0. The van der Waals surface area contributed by atoms with Crippen LogP contribution >= 0.6 is 0 Å². The highest BCUT2D eigenvalue weighted by Crippen LogP contribution is 2.03. The largest absolute Gasteiger partial charge is 0.370 e. The first-order valence-electron chi connectivity index (χ1n) is 2.92. The lowest BCUT2D eigenvalue weighted by Gasteiger charge is -2.11. The van der Waals surface area contributed by atoms with Gasteiger partial charge in [0.1, 0.15) is 5.82 Å². The van der Waals surface area contributed by atoms with E-state index in [-0.39, 0.29) is 5.91 Å². The normalized spacial score (nSPS) is 17.9. The second kappa shape index (κ2) is 2.09. The second-order valence-corrected chi connectivity index (χ2v) is 2.04. The molecule has 0 aromatic heterocycles. The summed E-state index contributed by atoms with van der Waals surface area (Å²) in [5.41, 5.74) is 0. The highest BCUT2D eigenvalue weighted by molar-refractivity contribution is 5.75. The first kappa shape index (κ1) is 6.13. The van der Waals surface area contributed by atoms with Crippen LogP contribution in [0.15, 0.2) is 12.4 Å². The Morgan fingerprint density at radius 1 is 1.89 bits per heavy atom. The smallest absolute Gasteiger partial charge is 0.225 e. The molecule has 1 aliphatic rings. The van der Waals surface area contributed by atoms with Gasteiger partial charge in [0.05, 0.1) is 0 Å². The summed E-state index contributed by atoms with van der Waals surface area (Å²) in [7, 11) is 0. The fraction of sp³-hybridized carbons (Fsp3) is 0.500. The van der Waals surface area contributed by atoms with Crippen LogP contribution in [0.25, 0.3) is 0 Å². The van der Waals surface area contributed by atoms with Gasteiger partial charge in [-0.15, -0.1) is 0 Å². The monoisotopic (exact) mass is 126 g/mol.